The number of aryl methyl sites for hydroxylation is 1. The molecule has 3 heterocycles. The average molecular weight is 409 g/mol. The van der Waals surface area contributed by atoms with Crippen molar-refractivity contribution in [2.24, 2.45) is 0 Å². The lowest BCUT2D eigenvalue weighted by molar-refractivity contribution is -0.274. The summed E-state index contributed by atoms with van der Waals surface area (Å²) in [5.74, 6) is 0.0534. The number of ether oxygens (including phenoxy) is 1. The number of nitrogens with one attached hydrogen (secondary N) is 1. The van der Waals surface area contributed by atoms with Gasteiger partial charge in [-0.2, -0.15) is 10.4 Å². The summed E-state index contributed by atoms with van der Waals surface area (Å²) in [7, 11) is 0. The second-order valence-electron chi connectivity index (χ2n) is 6.43. The van der Waals surface area contributed by atoms with Crippen LogP contribution >= 0.6 is 0 Å². The van der Waals surface area contributed by atoms with Gasteiger partial charge < -0.3 is 10.1 Å². The van der Waals surface area contributed by atoms with Gasteiger partial charge in [0.2, 0.25) is 0 Å². The van der Waals surface area contributed by atoms with Gasteiger partial charge >= 0.3 is 6.36 Å². The number of fused-ring (bicyclic) bond motifs is 1. The van der Waals surface area contributed by atoms with Crippen LogP contribution in [0.15, 0.2) is 60.8 Å². The largest absolute Gasteiger partial charge is 0.573 e. The van der Waals surface area contributed by atoms with E-state index >= 15 is 0 Å². The number of hydrogen-bond acceptors (Lipinski definition) is 5. The number of nitrogens with zero attached hydrogens (tertiary/aromatic N) is 4. The van der Waals surface area contributed by atoms with Crippen molar-refractivity contribution >= 4 is 17.0 Å². The highest BCUT2D eigenvalue weighted by atomic mass is 19.4. The fourth-order valence-electron chi connectivity index (χ4n) is 3.11. The summed E-state index contributed by atoms with van der Waals surface area (Å²) in [5, 5.41) is 16.9. The minimum atomic E-state index is -4.75. The summed E-state index contributed by atoms with van der Waals surface area (Å²) in [4.78, 5) is 4.59. The van der Waals surface area contributed by atoms with Crippen LogP contribution in [0.5, 0.6) is 5.75 Å². The number of hydrogen-bond donors (Lipinski definition) is 1. The number of rotatable bonds is 4. The van der Waals surface area contributed by atoms with Gasteiger partial charge in [0.1, 0.15) is 11.6 Å². The molecule has 9 heteroatoms. The van der Waals surface area contributed by atoms with Gasteiger partial charge in [0, 0.05) is 17.4 Å². The van der Waals surface area contributed by atoms with E-state index in [0.29, 0.717) is 22.8 Å². The number of pyridine rings is 2. The van der Waals surface area contributed by atoms with E-state index in [1.54, 1.807) is 16.6 Å². The SMILES string of the molecule is Cc1nn2ccccc2c1-c1cc(C#N)cc(Nc2ccc(OC(F)(F)F)cc2)n1. The molecular formula is C21H14F3N5O. The lowest BCUT2D eigenvalue weighted by Crippen LogP contribution is -2.16. The highest BCUT2D eigenvalue weighted by Gasteiger charge is 2.30. The van der Waals surface area contributed by atoms with Crippen molar-refractivity contribution in [3.8, 4) is 23.1 Å². The maximum absolute atomic E-state index is 12.3. The molecule has 0 atom stereocenters. The molecule has 0 bridgehead atoms. The Balaban J connectivity index is 1.69. The maximum atomic E-state index is 12.3. The fourth-order valence-corrected chi connectivity index (χ4v) is 3.11. The van der Waals surface area contributed by atoms with E-state index in [-0.39, 0.29) is 5.75 Å². The summed E-state index contributed by atoms with van der Waals surface area (Å²) in [6.07, 6.45) is -2.93. The predicted octanol–water partition coefficient (Wildman–Crippen LogP) is 5.22. The van der Waals surface area contributed by atoms with E-state index in [1.807, 2.05) is 31.3 Å². The fraction of sp³-hybridized carbons (Fsp3) is 0.0952. The van der Waals surface area contributed by atoms with Crippen molar-refractivity contribution in [2.75, 3.05) is 5.32 Å². The van der Waals surface area contributed by atoms with Crippen LogP contribution in [0.3, 0.4) is 0 Å². The third-order valence-electron chi connectivity index (χ3n) is 4.29. The van der Waals surface area contributed by atoms with Crippen LogP contribution < -0.4 is 10.1 Å². The smallest absolute Gasteiger partial charge is 0.406 e. The highest BCUT2D eigenvalue weighted by Crippen LogP contribution is 2.30. The van der Waals surface area contributed by atoms with E-state index in [9.17, 15) is 18.4 Å². The Morgan fingerprint density at radius 3 is 2.57 bits per heavy atom. The number of nitriles is 1. The molecule has 3 aromatic heterocycles. The van der Waals surface area contributed by atoms with Crippen molar-refractivity contribution in [1.29, 1.82) is 5.26 Å². The van der Waals surface area contributed by atoms with Gasteiger partial charge in [0.15, 0.2) is 0 Å². The minimum absolute atomic E-state index is 0.325. The van der Waals surface area contributed by atoms with Crippen molar-refractivity contribution in [3.05, 3.63) is 72.1 Å². The maximum Gasteiger partial charge on any atom is 0.573 e. The van der Waals surface area contributed by atoms with Gasteiger partial charge in [-0.3, -0.25) is 0 Å². The lowest BCUT2D eigenvalue weighted by Gasteiger charge is -2.11. The molecule has 0 saturated heterocycles. The Morgan fingerprint density at radius 2 is 1.87 bits per heavy atom. The van der Waals surface area contributed by atoms with E-state index in [0.717, 1.165) is 16.8 Å². The third kappa shape index (κ3) is 4.03. The highest BCUT2D eigenvalue weighted by molar-refractivity contribution is 5.81. The van der Waals surface area contributed by atoms with Crippen LogP contribution in [0.4, 0.5) is 24.7 Å². The molecule has 4 aromatic rings. The van der Waals surface area contributed by atoms with Crippen molar-refractivity contribution < 1.29 is 17.9 Å². The number of anilines is 2. The van der Waals surface area contributed by atoms with Gasteiger partial charge in [0.25, 0.3) is 0 Å². The number of alkyl halides is 3. The zero-order chi connectivity index (χ0) is 21.3. The van der Waals surface area contributed by atoms with E-state index in [2.05, 4.69) is 26.2 Å². The lowest BCUT2D eigenvalue weighted by atomic mass is 10.1. The predicted molar refractivity (Wildman–Crippen MR) is 104 cm³/mol. The molecule has 0 saturated carbocycles. The standard InChI is InChI=1S/C21H14F3N5O/c1-13-20(18-4-2-3-9-29(18)28-13)17-10-14(12-25)11-19(27-17)26-15-5-7-16(8-6-15)30-21(22,23)24/h2-11H,1H3,(H,26,27). The molecule has 0 aliphatic carbocycles. The second-order valence-corrected chi connectivity index (χ2v) is 6.43. The molecular weight excluding hydrogens is 395 g/mol. The molecule has 0 spiro atoms. The number of halogens is 3. The Labute approximate surface area is 169 Å². The second kappa shape index (κ2) is 7.40. The van der Waals surface area contributed by atoms with Gasteiger partial charge in [-0.1, -0.05) is 6.07 Å². The van der Waals surface area contributed by atoms with Crippen LogP contribution in [0, 0.1) is 18.3 Å². The van der Waals surface area contributed by atoms with Crippen LogP contribution in [0.25, 0.3) is 16.8 Å². The first-order chi connectivity index (χ1) is 14.3. The Morgan fingerprint density at radius 1 is 1.10 bits per heavy atom. The molecule has 30 heavy (non-hydrogen) atoms. The summed E-state index contributed by atoms with van der Waals surface area (Å²) < 4.78 is 42.5. The summed E-state index contributed by atoms with van der Waals surface area (Å²) in [6.45, 7) is 1.86. The van der Waals surface area contributed by atoms with Gasteiger partial charge in [0.05, 0.1) is 28.5 Å². The monoisotopic (exact) mass is 409 g/mol. The van der Waals surface area contributed by atoms with Crippen LogP contribution in [0.1, 0.15) is 11.3 Å². The Hall–Kier alpha value is -4.06. The van der Waals surface area contributed by atoms with Crippen LogP contribution in [0.2, 0.25) is 0 Å². The Bertz CT molecular complexity index is 1260. The summed E-state index contributed by atoms with van der Waals surface area (Å²) in [5.41, 5.74) is 3.83. The quantitative estimate of drug-likeness (QED) is 0.500. The average Bonchev–Trinajstić information content (AvgIpc) is 3.04. The topological polar surface area (TPSA) is 75.2 Å². The Kier molecular flexibility index (Phi) is 4.75. The van der Waals surface area contributed by atoms with Crippen LogP contribution in [-0.2, 0) is 0 Å². The van der Waals surface area contributed by atoms with E-state index < -0.39 is 6.36 Å². The molecule has 0 unspecified atom stereocenters. The van der Waals surface area contributed by atoms with Crippen molar-refractivity contribution in [3.63, 3.8) is 0 Å². The van der Waals surface area contributed by atoms with Crippen LogP contribution in [-0.4, -0.2) is 21.0 Å². The van der Waals surface area contributed by atoms with Gasteiger partial charge in [-0.05, 0) is 55.5 Å². The summed E-state index contributed by atoms with van der Waals surface area (Å²) in [6, 6.07) is 16.2. The molecule has 0 aliphatic heterocycles. The summed E-state index contributed by atoms with van der Waals surface area (Å²) >= 11 is 0. The van der Waals surface area contributed by atoms with Crippen molar-refractivity contribution in [1.82, 2.24) is 14.6 Å². The molecule has 1 aromatic carbocycles. The van der Waals surface area contributed by atoms with Gasteiger partial charge in [-0.15, -0.1) is 13.2 Å². The molecule has 0 amide bonds. The molecule has 0 aliphatic rings. The first-order valence-corrected chi connectivity index (χ1v) is 8.82. The van der Waals surface area contributed by atoms with Gasteiger partial charge in [-0.25, -0.2) is 9.50 Å². The normalized spacial score (nSPS) is 11.3. The number of benzene rings is 1. The zero-order valence-electron chi connectivity index (χ0n) is 15.6. The minimum Gasteiger partial charge on any atom is -0.406 e. The molecule has 150 valence electrons. The molecule has 1 N–H and O–H groups in total. The molecule has 4 rings (SSSR count). The van der Waals surface area contributed by atoms with Crippen molar-refractivity contribution in [2.45, 2.75) is 13.3 Å². The third-order valence-corrected chi connectivity index (χ3v) is 4.29. The molecule has 0 fully saturated rings. The first kappa shape index (κ1) is 19.3. The molecule has 0 radical (unpaired) electrons. The number of aromatic nitrogens is 3. The van der Waals surface area contributed by atoms with E-state index in [4.69, 9.17) is 0 Å². The molecule has 6 nitrogen and oxygen atoms in total. The first-order valence-electron chi connectivity index (χ1n) is 8.82. The zero-order valence-corrected chi connectivity index (χ0v) is 15.6. The van der Waals surface area contributed by atoms with E-state index in [1.165, 1.54) is 24.3 Å².